The lowest BCUT2D eigenvalue weighted by atomic mass is 9.92. The van der Waals surface area contributed by atoms with E-state index in [1.807, 2.05) is 6.92 Å². The second-order valence-corrected chi connectivity index (χ2v) is 8.61. The molecule has 140 valence electrons. The number of benzene rings is 2. The van der Waals surface area contributed by atoms with Gasteiger partial charge in [0.15, 0.2) is 0 Å². The highest BCUT2D eigenvalue weighted by Gasteiger charge is 2.25. The third-order valence-corrected chi connectivity index (χ3v) is 6.84. The maximum Gasteiger partial charge on any atom is 0.125 e. The maximum absolute atomic E-state index is 13.9. The first kappa shape index (κ1) is 17.4. The van der Waals surface area contributed by atoms with Crippen LogP contribution in [0.25, 0.3) is 32.6 Å². The van der Waals surface area contributed by atoms with E-state index < -0.39 is 0 Å². The number of thiophene rings is 1. The number of rotatable bonds is 2. The molecule has 2 nitrogen and oxygen atoms in total. The summed E-state index contributed by atoms with van der Waals surface area (Å²) >= 11 is 1.74. The normalized spacial score (nSPS) is 13.2. The Labute approximate surface area is 167 Å². The number of hydrogen-bond donors (Lipinski definition) is 1. The molecule has 1 aliphatic rings. The molecular weight excluding hydrogens is 369 g/mol. The minimum atomic E-state index is -0.375. The zero-order valence-electron chi connectivity index (χ0n) is 15.8. The Morgan fingerprint density at radius 1 is 1.04 bits per heavy atom. The molecule has 0 bridgehead atoms. The highest BCUT2D eigenvalue weighted by Crippen LogP contribution is 2.46. The van der Waals surface area contributed by atoms with Gasteiger partial charge in [0.2, 0.25) is 0 Å². The van der Waals surface area contributed by atoms with Gasteiger partial charge in [-0.2, -0.15) is 0 Å². The van der Waals surface area contributed by atoms with Crippen LogP contribution >= 0.6 is 11.3 Å². The molecule has 0 saturated carbocycles. The van der Waals surface area contributed by atoms with E-state index in [1.165, 1.54) is 46.0 Å². The summed E-state index contributed by atoms with van der Waals surface area (Å²) in [6, 6.07) is 12.6. The van der Waals surface area contributed by atoms with Gasteiger partial charge in [-0.05, 0) is 73.6 Å². The summed E-state index contributed by atoms with van der Waals surface area (Å²) in [5, 5.41) is 11.6. The molecule has 5 rings (SSSR count). The molecule has 2 heterocycles. The van der Waals surface area contributed by atoms with Crippen molar-refractivity contribution >= 4 is 21.6 Å². The van der Waals surface area contributed by atoms with Crippen LogP contribution in [0.4, 0.5) is 4.39 Å². The third kappa shape index (κ3) is 2.63. The Morgan fingerprint density at radius 2 is 1.82 bits per heavy atom. The number of nitrogens with zero attached hydrogens (tertiary/aromatic N) is 1. The molecule has 0 radical (unpaired) electrons. The smallest absolute Gasteiger partial charge is 0.125 e. The Morgan fingerprint density at radius 3 is 2.61 bits per heavy atom. The fourth-order valence-electron chi connectivity index (χ4n) is 4.26. The van der Waals surface area contributed by atoms with E-state index in [4.69, 9.17) is 4.98 Å². The van der Waals surface area contributed by atoms with E-state index in [-0.39, 0.29) is 11.6 Å². The minimum absolute atomic E-state index is 0.0512. The van der Waals surface area contributed by atoms with Crippen LogP contribution in [0.15, 0.2) is 42.5 Å². The Bertz CT molecular complexity index is 1220. The van der Waals surface area contributed by atoms with Crippen molar-refractivity contribution < 1.29 is 9.50 Å². The molecule has 2 aromatic carbocycles. The van der Waals surface area contributed by atoms with Crippen LogP contribution < -0.4 is 0 Å². The van der Waals surface area contributed by atoms with Crippen LogP contribution in [0.5, 0.6) is 5.75 Å². The highest BCUT2D eigenvalue weighted by atomic mass is 32.1. The zero-order chi connectivity index (χ0) is 19.4. The van der Waals surface area contributed by atoms with Crippen LogP contribution in [0.1, 0.15) is 28.0 Å². The summed E-state index contributed by atoms with van der Waals surface area (Å²) in [6.45, 7) is 4.11. The average Bonchev–Trinajstić information content (AvgIpc) is 3.26. The molecule has 0 fully saturated rings. The predicted molar refractivity (Wildman–Crippen MR) is 114 cm³/mol. The Balaban J connectivity index is 1.88. The second kappa shape index (κ2) is 6.42. The van der Waals surface area contributed by atoms with E-state index in [0.29, 0.717) is 11.3 Å². The van der Waals surface area contributed by atoms with Gasteiger partial charge in [-0.25, -0.2) is 9.37 Å². The van der Waals surface area contributed by atoms with Gasteiger partial charge in [0.25, 0.3) is 0 Å². The number of aromatic nitrogens is 1. The molecule has 2 aromatic heterocycles. The van der Waals surface area contributed by atoms with Gasteiger partial charge >= 0.3 is 0 Å². The molecule has 0 unspecified atom stereocenters. The van der Waals surface area contributed by atoms with Crippen LogP contribution in [-0.4, -0.2) is 10.1 Å². The number of hydrogen-bond acceptors (Lipinski definition) is 3. The molecule has 28 heavy (non-hydrogen) atoms. The van der Waals surface area contributed by atoms with Crippen molar-refractivity contribution in [2.24, 2.45) is 0 Å². The highest BCUT2D eigenvalue weighted by molar-refractivity contribution is 7.19. The summed E-state index contributed by atoms with van der Waals surface area (Å²) in [4.78, 5) is 7.30. The second-order valence-electron chi connectivity index (χ2n) is 7.53. The quantitative estimate of drug-likeness (QED) is 0.420. The molecule has 0 saturated heterocycles. The van der Waals surface area contributed by atoms with Gasteiger partial charge in [0, 0.05) is 15.8 Å². The molecule has 0 amide bonds. The monoisotopic (exact) mass is 389 g/mol. The average molecular weight is 389 g/mol. The number of phenols is 1. The summed E-state index contributed by atoms with van der Waals surface area (Å²) < 4.78 is 13.9. The van der Waals surface area contributed by atoms with E-state index in [0.717, 1.165) is 34.4 Å². The standard InChI is InChI=1S/C24H20FNOS/c1-13-6-8-15(9-7-13)21-14(2)23(18-12-16(25)10-11-19(18)27)26-24-22(21)17-4-3-5-20(17)28-24/h6-12,27H,3-5H2,1-2H3. The van der Waals surface area contributed by atoms with Crippen molar-refractivity contribution in [2.75, 3.05) is 0 Å². The van der Waals surface area contributed by atoms with Crippen molar-refractivity contribution in [1.82, 2.24) is 4.98 Å². The number of fused-ring (bicyclic) bond motifs is 3. The molecule has 0 atom stereocenters. The Kier molecular flexibility index (Phi) is 3.98. The summed E-state index contributed by atoms with van der Waals surface area (Å²) in [6.07, 6.45) is 3.37. The number of aromatic hydroxyl groups is 1. The van der Waals surface area contributed by atoms with Gasteiger partial charge < -0.3 is 5.11 Å². The number of aryl methyl sites for hydroxylation is 3. The summed E-state index contributed by atoms with van der Waals surface area (Å²) in [7, 11) is 0. The van der Waals surface area contributed by atoms with E-state index in [2.05, 4.69) is 31.2 Å². The van der Waals surface area contributed by atoms with Crippen molar-refractivity contribution in [3.8, 4) is 28.1 Å². The molecule has 4 aromatic rings. The number of halogens is 1. The van der Waals surface area contributed by atoms with Gasteiger partial charge in [-0.15, -0.1) is 11.3 Å². The first-order valence-corrected chi connectivity index (χ1v) is 10.4. The van der Waals surface area contributed by atoms with Gasteiger partial charge in [-0.1, -0.05) is 29.8 Å². The van der Waals surface area contributed by atoms with E-state index in [9.17, 15) is 9.50 Å². The van der Waals surface area contributed by atoms with Crippen molar-refractivity contribution in [3.63, 3.8) is 0 Å². The number of pyridine rings is 1. The van der Waals surface area contributed by atoms with Crippen molar-refractivity contribution in [3.05, 3.63) is 69.8 Å². The van der Waals surface area contributed by atoms with Crippen LogP contribution in [0, 0.1) is 19.7 Å². The summed E-state index contributed by atoms with van der Waals surface area (Å²) in [5.74, 6) is -0.324. The maximum atomic E-state index is 13.9. The van der Waals surface area contributed by atoms with Crippen molar-refractivity contribution in [1.29, 1.82) is 0 Å². The predicted octanol–water partition coefficient (Wildman–Crippen LogP) is 6.58. The van der Waals surface area contributed by atoms with Crippen LogP contribution in [0.3, 0.4) is 0 Å². The number of phenolic OH excluding ortho intramolecular Hbond substituents is 1. The first-order chi connectivity index (χ1) is 13.5. The van der Waals surface area contributed by atoms with Gasteiger partial charge in [0.1, 0.15) is 16.4 Å². The van der Waals surface area contributed by atoms with Gasteiger partial charge in [-0.3, -0.25) is 0 Å². The Hall–Kier alpha value is -2.72. The van der Waals surface area contributed by atoms with E-state index >= 15 is 0 Å². The topological polar surface area (TPSA) is 33.1 Å². The largest absolute Gasteiger partial charge is 0.507 e. The molecule has 0 aliphatic heterocycles. The lowest BCUT2D eigenvalue weighted by Crippen LogP contribution is -1.96. The van der Waals surface area contributed by atoms with Crippen LogP contribution in [-0.2, 0) is 12.8 Å². The van der Waals surface area contributed by atoms with Gasteiger partial charge in [0.05, 0.1) is 5.69 Å². The summed E-state index contributed by atoms with van der Waals surface area (Å²) in [5.41, 5.74) is 7.00. The fourth-order valence-corrected chi connectivity index (χ4v) is 5.53. The van der Waals surface area contributed by atoms with E-state index in [1.54, 1.807) is 11.3 Å². The fraction of sp³-hybridized carbons (Fsp3) is 0.208. The zero-order valence-corrected chi connectivity index (χ0v) is 16.7. The molecule has 1 aliphatic carbocycles. The molecule has 0 spiro atoms. The lowest BCUT2D eigenvalue weighted by Gasteiger charge is -2.15. The van der Waals surface area contributed by atoms with Crippen LogP contribution in [0.2, 0.25) is 0 Å². The van der Waals surface area contributed by atoms with Crippen molar-refractivity contribution in [2.45, 2.75) is 33.1 Å². The molecule has 4 heteroatoms. The molecule has 1 N–H and O–H groups in total. The SMILES string of the molecule is Cc1ccc(-c2c(C)c(-c3cc(F)ccc3O)nc3sc4c(c23)CCC4)cc1. The molecular formula is C24H20FNOS. The lowest BCUT2D eigenvalue weighted by molar-refractivity contribution is 0.475. The first-order valence-electron chi connectivity index (χ1n) is 9.53. The third-order valence-electron chi connectivity index (χ3n) is 5.65. The minimum Gasteiger partial charge on any atom is -0.507 e.